The Kier molecular flexibility index (Phi) is 5.61. The van der Waals surface area contributed by atoms with E-state index in [4.69, 9.17) is 0 Å². The zero-order valence-corrected chi connectivity index (χ0v) is 18.0. The molecule has 0 radical (unpaired) electrons. The van der Waals surface area contributed by atoms with E-state index in [0.29, 0.717) is 50.7 Å². The van der Waals surface area contributed by atoms with Crippen LogP contribution in [-0.4, -0.2) is 61.3 Å². The number of amides is 1. The van der Waals surface area contributed by atoms with E-state index in [1.165, 1.54) is 4.31 Å². The number of piperazine rings is 1. The van der Waals surface area contributed by atoms with Gasteiger partial charge in [0.2, 0.25) is 21.9 Å². The highest BCUT2D eigenvalue weighted by Crippen LogP contribution is 2.27. The summed E-state index contributed by atoms with van der Waals surface area (Å²) in [4.78, 5) is 22.9. The second-order valence-corrected chi connectivity index (χ2v) is 9.42. The summed E-state index contributed by atoms with van der Waals surface area (Å²) in [7, 11) is -3.60. The Bertz CT molecular complexity index is 1060. The molecule has 0 spiro atoms. The van der Waals surface area contributed by atoms with Crippen molar-refractivity contribution < 1.29 is 13.2 Å². The summed E-state index contributed by atoms with van der Waals surface area (Å²) in [5, 5.41) is 5.99. The predicted molar refractivity (Wildman–Crippen MR) is 115 cm³/mol. The second kappa shape index (κ2) is 8.19. The topological polar surface area (TPSA) is 108 Å². The highest BCUT2D eigenvalue weighted by atomic mass is 32.2. The van der Waals surface area contributed by atoms with Crippen molar-refractivity contribution in [3.63, 3.8) is 0 Å². The van der Waals surface area contributed by atoms with Crippen LogP contribution in [0.3, 0.4) is 0 Å². The molecule has 1 saturated heterocycles. The van der Waals surface area contributed by atoms with Crippen LogP contribution in [0.5, 0.6) is 0 Å². The predicted octanol–water partition coefficient (Wildman–Crippen LogP) is 1.61. The molecule has 4 rings (SSSR count). The van der Waals surface area contributed by atoms with E-state index in [2.05, 4.69) is 20.6 Å². The van der Waals surface area contributed by atoms with Crippen LogP contribution < -0.4 is 15.5 Å². The normalized spacial score (nSPS) is 17.4. The molecule has 1 amide bonds. The minimum atomic E-state index is -3.60. The van der Waals surface area contributed by atoms with E-state index in [1.807, 2.05) is 24.8 Å². The van der Waals surface area contributed by atoms with Gasteiger partial charge in [0.1, 0.15) is 5.82 Å². The van der Waals surface area contributed by atoms with E-state index in [9.17, 15) is 13.2 Å². The summed E-state index contributed by atoms with van der Waals surface area (Å²) in [5.41, 5.74) is 2.42. The maximum absolute atomic E-state index is 13.2. The monoisotopic (exact) mass is 430 g/mol. The van der Waals surface area contributed by atoms with Gasteiger partial charge in [0.25, 0.3) is 0 Å². The van der Waals surface area contributed by atoms with Gasteiger partial charge in [0.15, 0.2) is 0 Å². The minimum Gasteiger partial charge on any atom is -0.370 e. The maximum Gasteiger partial charge on any atom is 0.243 e. The Hall–Kier alpha value is -2.72. The summed E-state index contributed by atoms with van der Waals surface area (Å²) in [5.74, 6) is 1.36. The Morgan fingerprint density at radius 1 is 1.10 bits per heavy atom. The number of aromatic nitrogens is 2. The van der Waals surface area contributed by atoms with Gasteiger partial charge in [0.05, 0.1) is 4.90 Å². The molecule has 2 aromatic rings. The smallest absolute Gasteiger partial charge is 0.243 e. The lowest BCUT2D eigenvalue weighted by Gasteiger charge is -2.34. The van der Waals surface area contributed by atoms with Crippen LogP contribution in [0.1, 0.15) is 24.6 Å². The molecule has 2 N–H and O–H groups in total. The van der Waals surface area contributed by atoms with Crippen molar-refractivity contribution in [3.05, 3.63) is 35.5 Å². The van der Waals surface area contributed by atoms with Gasteiger partial charge in [-0.1, -0.05) is 0 Å². The van der Waals surface area contributed by atoms with Crippen molar-refractivity contribution in [1.82, 2.24) is 14.3 Å². The number of hydrogen-bond acceptors (Lipinski definition) is 7. The molecule has 10 heteroatoms. The molecule has 160 valence electrons. The van der Waals surface area contributed by atoms with Crippen molar-refractivity contribution in [1.29, 1.82) is 0 Å². The standard InChI is InChI=1S/C20H26N6O3S/c1-3-21-18-12-14(2)22-20(24-18)25-8-10-26(11-9-25)30(28,29)16-5-6-17-15(13-16)4-7-19(27)23-17/h5-6,12-13H,3-4,7-11H2,1-2H3,(H,23,27)(H,21,22,24). The van der Waals surface area contributed by atoms with Gasteiger partial charge in [0, 0.05) is 56.6 Å². The number of sulfonamides is 1. The highest BCUT2D eigenvalue weighted by Gasteiger charge is 2.30. The van der Waals surface area contributed by atoms with Gasteiger partial charge >= 0.3 is 0 Å². The van der Waals surface area contributed by atoms with Gasteiger partial charge in [-0.2, -0.15) is 9.29 Å². The van der Waals surface area contributed by atoms with E-state index in [-0.39, 0.29) is 10.8 Å². The molecule has 3 heterocycles. The molecule has 0 aliphatic carbocycles. The molecule has 9 nitrogen and oxygen atoms in total. The number of benzene rings is 1. The number of nitrogens with zero attached hydrogens (tertiary/aromatic N) is 4. The first-order valence-electron chi connectivity index (χ1n) is 10.1. The quantitative estimate of drug-likeness (QED) is 0.742. The SMILES string of the molecule is CCNc1cc(C)nc(N2CCN(S(=O)(=O)c3ccc4c(c3)CCC(=O)N4)CC2)n1. The lowest BCUT2D eigenvalue weighted by atomic mass is 10.0. The molecular weight excluding hydrogens is 404 g/mol. The number of aryl methyl sites for hydroxylation is 2. The van der Waals surface area contributed by atoms with Gasteiger partial charge in [-0.15, -0.1) is 0 Å². The molecule has 30 heavy (non-hydrogen) atoms. The number of rotatable bonds is 5. The van der Waals surface area contributed by atoms with Crippen molar-refractivity contribution in [2.45, 2.75) is 31.6 Å². The molecule has 0 unspecified atom stereocenters. The van der Waals surface area contributed by atoms with E-state index >= 15 is 0 Å². The van der Waals surface area contributed by atoms with Gasteiger partial charge in [-0.25, -0.2) is 13.4 Å². The summed E-state index contributed by atoms with van der Waals surface area (Å²) < 4.78 is 27.8. The summed E-state index contributed by atoms with van der Waals surface area (Å²) in [6.45, 7) is 6.48. The van der Waals surface area contributed by atoms with Crippen LogP contribution in [-0.2, 0) is 21.2 Å². The number of carbonyl (C=O) groups excluding carboxylic acids is 1. The first-order valence-corrected chi connectivity index (χ1v) is 11.6. The molecule has 2 aliphatic rings. The summed E-state index contributed by atoms with van der Waals surface area (Å²) in [6.07, 6.45) is 0.928. The largest absolute Gasteiger partial charge is 0.370 e. The molecule has 1 aromatic carbocycles. The third-order valence-corrected chi connectivity index (χ3v) is 7.23. The molecule has 0 saturated carbocycles. The van der Waals surface area contributed by atoms with Gasteiger partial charge in [-0.05, 0) is 44.0 Å². The van der Waals surface area contributed by atoms with Crippen molar-refractivity contribution in [2.75, 3.05) is 48.3 Å². The zero-order chi connectivity index (χ0) is 21.3. The molecule has 1 fully saturated rings. The van der Waals surface area contributed by atoms with Crippen LogP contribution in [0.2, 0.25) is 0 Å². The highest BCUT2D eigenvalue weighted by molar-refractivity contribution is 7.89. The third kappa shape index (κ3) is 4.10. The average Bonchev–Trinajstić information content (AvgIpc) is 2.73. The average molecular weight is 431 g/mol. The number of anilines is 3. The minimum absolute atomic E-state index is 0.0371. The number of hydrogen-bond donors (Lipinski definition) is 2. The molecule has 0 bridgehead atoms. The number of fused-ring (bicyclic) bond motifs is 1. The van der Waals surface area contributed by atoms with Crippen molar-refractivity contribution >= 4 is 33.4 Å². The first kappa shape index (κ1) is 20.5. The Labute approximate surface area is 176 Å². The Balaban J connectivity index is 1.48. The number of nitrogens with one attached hydrogen (secondary N) is 2. The van der Waals surface area contributed by atoms with E-state index in [0.717, 1.165) is 23.6 Å². The molecular formula is C20H26N6O3S. The lowest BCUT2D eigenvalue weighted by Crippen LogP contribution is -2.49. The fourth-order valence-corrected chi connectivity index (χ4v) is 5.24. The Morgan fingerprint density at radius 3 is 2.60 bits per heavy atom. The molecule has 0 atom stereocenters. The summed E-state index contributed by atoms with van der Waals surface area (Å²) in [6, 6.07) is 6.83. The Morgan fingerprint density at radius 2 is 1.87 bits per heavy atom. The van der Waals surface area contributed by atoms with Crippen LogP contribution >= 0.6 is 0 Å². The van der Waals surface area contributed by atoms with Gasteiger partial charge < -0.3 is 15.5 Å². The van der Waals surface area contributed by atoms with Crippen LogP contribution in [0.15, 0.2) is 29.2 Å². The first-order chi connectivity index (χ1) is 14.4. The molecule has 2 aliphatic heterocycles. The summed E-state index contributed by atoms with van der Waals surface area (Å²) >= 11 is 0. The fraction of sp³-hybridized carbons (Fsp3) is 0.450. The van der Waals surface area contributed by atoms with Crippen molar-refractivity contribution in [2.24, 2.45) is 0 Å². The zero-order valence-electron chi connectivity index (χ0n) is 17.2. The fourth-order valence-electron chi connectivity index (χ4n) is 3.76. The lowest BCUT2D eigenvalue weighted by molar-refractivity contribution is -0.116. The maximum atomic E-state index is 13.2. The molecule has 1 aromatic heterocycles. The second-order valence-electron chi connectivity index (χ2n) is 7.48. The van der Waals surface area contributed by atoms with Crippen LogP contribution in [0.4, 0.5) is 17.5 Å². The van der Waals surface area contributed by atoms with E-state index < -0.39 is 10.0 Å². The van der Waals surface area contributed by atoms with E-state index in [1.54, 1.807) is 18.2 Å². The van der Waals surface area contributed by atoms with Gasteiger partial charge in [-0.3, -0.25) is 4.79 Å². The van der Waals surface area contributed by atoms with Crippen LogP contribution in [0.25, 0.3) is 0 Å². The number of carbonyl (C=O) groups is 1. The van der Waals surface area contributed by atoms with Crippen molar-refractivity contribution in [3.8, 4) is 0 Å². The third-order valence-electron chi connectivity index (χ3n) is 5.33. The van der Waals surface area contributed by atoms with Crippen LogP contribution in [0, 0.1) is 6.92 Å².